The summed E-state index contributed by atoms with van der Waals surface area (Å²) in [5.74, 6) is 0.222. The number of aliphatic carboxylic acids is 1. The van der Waals surface area contributed by atoms with Crippen LogP contribution in [0.25, 0.3) is 0 Å². The Morgan fingerprint density at radius 2 is 1.70 bits per heavy atom. The van der Waals surface area contributed by atoms with E-state index in [4.69, 9.17) is 5.11 Å². The Labute approximate surface area is 186 Å². The topological polar surface area (TPSA) is 77.8 Å². The number of aliphatic hydroxyl groups is 1. The molecular formula is C23H27NO4S2. The third-order valence-electron chi connectivity index (χ3n) is 4.32. The zero-order chi connectivity index (χ0) is 21.9. The lowest BCUT2D eigenvalue weighted by molar-refractivity contribution is -0.146. The summed E-state index contributed by atoms with van der Waals surface area (Å²) in [4.78, 5) is 25.6. The number of thioether (sulfide) groups is 2. The van der Waals surface area contributed by atoms with Gasteiger partial charge in [0.15, 0.2) is 0 Å². The van der Waals surface area contributed by atoms with Crippen molar-refractivity contribution in [2.24, 2.45) is 0 Å². The Hall–Kier alpha value is -2.22. The molecule has 7 heteroatoms. The molecule has 1 amide bonds. The van der Waals surface area contributed by atoms with Crippen molar-refractivity contribution in [1.29, 1.82) is 0 Å². The molecule has 0 saturated carbocycles. The van der Waals surface area contributed by atoms with Crippen molar-refractivity contribution in [2.75, 3.05) is 11.5 Å². The summed E-state index contributed by atoms with van der Waals surface area (Å²) in [5, 5.41) is 17.9. The molecule has 2 aromatic carbocycles. The van der Waals surface area contributed by atoms with E-state index in [0.29, 0.717) is 17.9 Å². The summed E-state index contributed by atoms with van der Waals surface area (Å²) in [6.45, 7) is 4.14. The van der Waals surface area contributed by atoms with Crippen molar-refractivity contribution < 1.29 is 19.8 Å². The van der Waals surface area contributed by atoms with Crippen molar-refractivity contribution in [3.8, 4) is 0 Å². The van der Waals surface area contributed by atoms with E-state index in [0.717, 1.165) is 16.0 Å². The summed E-state index contributed by atoms with van der Waals surface area (Å²) >= 11 is 3.26. The van der Waals surface area contributed by atoms with Gasteiger partial charge in [0.05, 0.1) is 18.4 Å². The van der Waals surface area contributed by atoms with Gasteiger partial charge in [0, 0.05) is 16.4 Å². The second kappa shape index (κ2) is 12.5. The first-order valence-electron chi connectivity index (χ1n) is 9.81. The zero-order valence-electron chi connectivity index (χ0n) is 17.2. The molecule has 0 spiro atoms. The maximum absolute atomic E-state index is 11.6. The number of nitrogens with zero attached hydrogens (tertiary/aromatic N) is 1. The molecule has 2 aliphatic heterocycles. The second-order valence-electron chi connectivity index (χ2n) is 6.24. The molecule has 1 unspecified atom stereocenters. The fourth-order valence-corrected chi connectivity index (χ4v) is 5.18. The summed E-state index contributed by atoms with van der Waals surface area (Å²) in [5.41, 5.74) is 2.00. The van der Waals surface area contributed by atoms with Gasteiger partial charge in [-0.3, -0.25) is 9.69 Å². The fraction of sp³-hybridized carbons (Fsp3) is 0.304. The van der Waals surface area contributed by atoms with Crippen LogP contribution in [0.4, 0.5) is 0 Å². The molecule has 0 bridgehead atoms. The third-order valence-corrected chi connectivity index (χ3v) is 6.69. The molecule has 0 radical (unpaired) electrons. The van der Waals surface area contributed by atoms with E-state index in [2.05, 4.69) is 0 Å². The van der Waals surface area contributed by atoms with Crippen LogP contribution in [0.1, 0.15) is 25.8 Å². The Morgan fingerprint density at radius 3 is 2.20 bits per heavy atom. The zero-order valence-corrected chi connectivity index (χ0v) is 18.8. The van der Waals surface area contributed by atoms with Crippen LogP contribution in [-0.2, 0) is 16.2 Å². The largest absolute Gasteiger partial charge is 0.477 e. The van der Waals surface area contributed by atoms with E-state index in [1.165, 1.54) is 4.90 Å². The van der Waals surface area contributed by atoms with Gasteiger partial charge in [-0.2, -0.15) is 0 Å². The molecule has 0 aliphatic carbocycles. The second-order valence-corrected chi connectivity index (χ2v) is 8.45. The van der Waals surface area contributed by atoms with Crippen LogP contribution < -0.4 is 0 Å². The van der Waals surface area contributed by atoms with Crippen molar-refractivity contribution in [3.63, 3.8) is 0 Å². The van der Waals surface area contributed by atoms with Gasteiger partial charge >= 0.3 is 5.97 Å². The number of hydrogen-bond donors (Lipinski definition) is 2. The molecule has 1 saturated heterocycles. The Balaban J connectivity index is 0.000000269. The summed E-state index contributed by atoms with van der Waals surface area (Å²) in [6, 6.07) is 19.4. The van der Waals surface area contributed by atoms with Gasteiger partial charge in [0.25, 0.3) is 0 Å². The van der Waals surface area contributed by atoms with Gasteiger partial charge in [0.1, 0.15) is 5.70 Å². The molecule has 2 aromatic rings. The van der Waals surface area contributed by atoms with Gasteiger partial charge in [-0.1, -0.05) is 62.4 Å². The monoisotopic (exact) mass is 445 g/mol. The summed E-state index contributed by atoms with van der Waals surface area (Å²) in [7, 11) is 0. The molecule has 2 heterocycles. The first kappa shape index (κ1) is 24.1. The van der Waals surface area contributed by atoms with Crippen molar-refractivity contribution in [2.45, 2.75) is 37.1 Å². The lowest BCUT2D eigenvalue weighted by Gasteiger charge is -2.44. The van der Waals surface area contributed by atoms with Crippen LogP contribution in [0.2, 0.25) is 0 Å². The van der Waals surface area contributed by atoms with Crippen LogP contribution in [0.5, 0.6) is 0 Å². The Morgan fingerprint density at radius 1 is 1.10 bits per heavy atom. The lowest BCUT2D eigenvalue weighted by Crippen LogP contribution is -2.54. The number of fused-ring (bicyclic) bond motifs is 1. The van der Waals surface area contributed by atoms with E-state index in [1.54, 1.807) is 23.5 Å². The highest BCUT2D eigenvalue weighted by atomic mass is 32.2. The van der Waals surface area contributed by atoms with Crippen LogP contribution in [-0.4, -0.2) is 43.9 Å². The van der Waals surface area contributed by atoms with Gasteiger partial charge in [0.2, 0.25) is 5.91 Å². The predicted molar refractivity (Wildman–Crippen MR) is 123 cm³/mol. The van der Waals surface area contributed by atoms with E-state index >= 15 is 0 Å². The molecule has 2 aliphatic rings. The summed E-state index contributed by atoms with van der Waals surface area (Å²) in [6.07, 6.45) is 0.459. The van der Waals surface area contributed by atoms with Crippen molar-refractivity contribution >= 4 is 35.4 Å². The number of carboxylic acid groups (broad SMARTS) is 1. The number of carbonyl (C=O) groups is 2. The quantitative estimate of drug-likeness (QED) is 0.516. The van der Waals surface area contributed by atoms with Crippen molar-refractivity contribution in [3.05, 3.63) is 77.5 Å². The SMILES string of the molecule is CC.O=C(O)C1=C(CSc2ccccc2)CSC2CC(=O)N12.OCc1ccccc1. The Bertz CT molecular complexity index is 856. The normalized spacial score (nSPS) is 17.0. The number of rotatable bonds is 5. The van der Waals surface area contributed by atoms with Crippen LogP contribution >= 0.6 is 23.5 Å². The maximum Gasteiger partial charge on any atom is 0.352 e. The van der Waals surface area contributed by atoms with E-state index < -0.39 is 5.97 Å². The fourth-order valence-electron chi connectivity index (χ4n) is 2.86. The number of amides is 1. The van der Waals surface area contributed by atoms with E-state index in [9.17, 15) is 14.7 Å². The average molecular weight is 446 g/mol. The van der Waals surface area contributed by atoms with Gasteiger partial charge in [-0.05, 0) is 23.3 Å². The number of β-lactam (4-membered cyclic amide) rings is 1. The molecule has 4 rings (SSSR count). The maximum atomic E-state index is 11.6. The molecule has 1 fully saturated rings. The first-order valence-corrected chi connectivity index (χ1v) is 11.8. The highest BCUT2D eigenvalue weighted by Crippen LogP contribution is 2.41. The average Bonchev–Trinajstić information content (AvgIpc) is 2.80. The Kier molecular flexibility index (Phi) is 10.00. The number of hydrogen-bond acceptors (Lipinski definition) is 5. The summed E-state index contributed by atoms with van der Waals surface area (Å²) < 4.78 is 0. The minimum atomic E-state index is -0.994. The van der Waals surface area contributed by atoms with E-state index in [1.807, 2.05) is 74.5 Å². The van der Waals surface area contributed by atoms with Gasteiger partial charge < -0.3 is 10.2 Å². The molecule has 1 atom stereocenters. The highest BCUT2D eigenvalue weighted by molar-refractivity contribution is 8.01. The molecule has 30 heavy (non-hydrogen) atoms. The molecule has 160 valence electrons. The van der Waals surface area contributed by atoms with Gasteiger partial charge in [-0.25, -0.2) is 4.79 Å². The third kappa shape index (κ3) is 6.39. The van der Waals surface area contributed by atoms with Crippen LogP contribution in [0, 0.1) is 0 Å². The molecule has 5 nitrogen and oxygen atoms in total. The minimum Gasteiger partial charge on any atom is -0.477 e. The van der Waals surface area contributed by atoms with Crippen LogP contribution in [0.15, 0.2) is 76.8 Å². The number of aliphatic hydroxyl groups excluding tert-OH is 1. The smallest absolute Gasteiger partial charge is 0.352 e. The van der Waals surface area contributed by atoms with E-state index in [-0.39, 0.29) is 23.6 Å². The number of benzene rings is 2. The number of carbonyl (C=O) groups excluding carboxylic acids is 1. The number of carboxylic acids is 1. The molecule has 2 N–H and O–H groups in total. The first-order chi connectivity index (χ1) is 14.6. The van der Waals surface area contributed by atoms with Crippen LogP contribution in [0.3, 0.4) is 0 Å². The lowest BCUT2D eigenvalue weighted by atomic mass is 10.1. The standard InChI is InChI=1S/C14H13NO3S2.C7H8O.C2H6/c16-11-6-12-15(11)13(14(17)18)9(8-20-12)7-19-10-4-2-1-3-5-10;8-6-7-4-2-1-3-5-7;1-2/h1-5,12H,6-8H2,(H,17,18);1-5,8H,6H2;1-2H3. The highest BCUT2D eigenvalue weighted by Gasteiger charge is 2.45. The molecule has 0 aromatic heterocycles. The van der Waals surface area contributed by atoms with Crippen molar-refractivity contribution in [1.82, 2.24) is 4.90 Å². The molecular weight excluding hydrogens is 418 g/mol. The van der Waals surface area contributed by atoms with Gasteiger partial charge in [-0.15, -0.1) is 23.5 Å². The predicted octanol–water partition coefficient (Wildman–Crippen LogP) is 4.63. The minimum absolute atomic E-state index is 0.0269.